The number of nitrogens with one attached hydrogen (secondary N) is 4. The molecule has 3 aliphatic heterocycles. The summed E-state index contributed by atoms with van der Waals surface area (Å²) in [5, 5.41) is 22.6. The van der Waals surface area contributed by atoms with E-state index in [2.05, 4.69) is 31.2 Å². The maximum atomic E-state index is 14.1. The average molecular weight is 707 g/mol. The maximum Gasteiger partial charge on any atom is 0.265 e. The summed E-state index contributed by atoms with van der Waals surface area (Å²) in [6.07, 6.45) is -0.448. The highest BCUT2D eigenvalue weighted by Crippen LogP contribution is 2.32. The molecule has 0 radical (unpaired) electrons. The predicted molar refractivity (Wildman–Crippen MR) is 188 cm³/mol. The lowest BCUT2D eigenvalue weighted by atomic mass is 9.89. The molecule has 1 fully saturated rings. The summed E-state index contributed by atoms with van der Waals surface area (Å²) in [5.74, 6) is -1.35. The van der Waals surface area contributed by atoms with Crippen molar-refractivity contribution in [1.29, 1.82) is 0 Å². The second-order valence-electron chi connectivity index (χ2n) is 12.9. The second-order valence-corrected chi connectivity index (χ2v) is 14.2. The molecule has 1 saturated heterocycles. The lowest BCUT2D eigenvalue weighted by Crippen LogP contribution is -2.63. The minimum absolute atomic E-state index is 0.172. The first-order valence-corrected chi connectivity index (χ1v) is 17.7. The van der Waals surface area contributed by atoms with Crippen LogP contribution in [0.15, 0.2) is 54.6 Å². The summed E-state index contributed by atoms with van der Waals surface area (Å²) in [5.41, 5.74) is 0.497. The number of likely N-dealkylation sites (tertiary alicyclic amines) is 1. The van der Waals surface area contributed by atoms with E-state index in [4.69, 9.17) is 9.47 Å². The van der Waals surface area contributed by atoms with Crippen LogP contribution in [-0.2, 0) is 32.1 Å². The first-order valence-electron chi connectivity index (χ1n) is 16.9. The van der Waals surface area contributed by atoms with Crippen LogP contribution in [0.2, 0.25) is 0 Å². The largest absolute Gasteiger partial charge is 0.492 e. The summed E-state index contributed by atoms with van der Waals surface area (Å²) in [4.78, 5) is 62.2. The molecule has 1 unspecified atom stereocenters. The van der Waals surface area contributed by atoms with Gasteiger partial charge < -0.3 is 35.8 Å². The number of piperidine rings is 1. The van der Waals surface area contributed by atoms with Crippen LogP contribution >= 0.6 is 11.3 Å². The Balaban J connectivity index is 1.37. The van der Waals surface area contributed by atoms with Gasteiger partial charge in [0.15, 0.2) is 5.60 Å². The Bertz CT molecular complexity index is 1620. The molecule has 4 amide bonds. The summed E-state index contributed by atoms with van der Waals surface area (Å²) in [7, 11) is 0. The third kappa shape index (κ3) is 9.37. The number of carbonyl (C=O) groups excluding carboxylic acids is 4. The number of aliphatic hydroxyl groups excluding tert-OH is 1. The highest BCUT2D eigenvalue weighted by Gasteiger charge is 2.46. The van der Waals surface area contributed by atoms with E-state index in [1.54, 1.807) is 35.6 Å². The third-order valence-corrected chi connectivity index (χ3v) is 10.1. The van der Waals surface area contributed by atoms with Gasteiger partial charge in [-0.25, -0.2) is 4.98 Å². The molecule has 5 N–H and O–H groups in total. The van der Waals surface area contributed by atoms with Crippen LogP contribution in [-0.4, -0.2) is 94.7 Å². The van der Waals surface area contributed by atoms with Crippen molar-refractivity contribution in [2.24, 2.45) is 0 Å². The van der Waals surface area contributed by atoms with Gasteiger partial charge in [0.2, 0.25) is 17.7 Å². The Morgan fingerprint density at radius 3 is 2.26 bits per heavy atom. The van der Waals surface area contributed by atoms with Gasteiger partial charge in [-0.05, 0) is 57.5 Å². The third-order valence-electron chi connectivity index (χ3n) is 9.04. The number of amides is 4. The zero-order valence-corrected chi connectivity index (χ0v) is 29.7. The standard InChI is InChI=1S/C36H46N6O7S/c1-22-25(4)50-30(38-22)21-42-17-14-36(15-18-42)35(47)41-31(24(3)43)34(46)39-23(2)32(44)40-29(20-26-8-6-5-7-9-26)33(45)37-16-19-48-27-10-12-28(49-36)13-11-27/h5-13,23-24,29,31,43H,14-21H2,1-4H3,(H,37,45)(H,39,46)(H,40,44)(H,41,47)/t23-,24+,29-,31?/m0/s1. The van der Waals surface area contributed by atoms with Crippen molar-refractivity contribution in [3.05, 3.63) is 75.7 Å². The predicted octanol–water partition coefficient (Wildman–Crippen LogP) is 1.78. The van der Waals surface area contributed by atoms with Gasteiger partial charge in [-0.2, -0.15) is 0 Å². The fraction of sp³-hybridized carbons (Fsp3) is 0.472. The normalized spacial score (nSPS) is 23.1. The number of benzene rings is 2. The maximum absolute atomic E-state index is 14.1. The first-order chi connectivity index (χ1) is 23.9. The molecular weight excluding hydrogens is 660 g/mol. The van der Waals surface area contributed by atoms with Gasteiger partial charge in [0, 0.05) is 37.2 Å². The molecule has 4 heterocycles. The molecular formula is C36H46N6O7S. The average Bonchev–Trinajstić information content (AvgIpc) is 3.41. The van der Waals surface area contributed by atoms with E-state index in [0.717, 1.165) is 16.3 Å². The van der Waals surface area contributed by atoms with Gasteiger partial charge in [-0.15, -0.1) is 11.3 Å². The van der Waals surface area contributed by atoms with Gasteiger partial charge in [0.25, 0.3) is 5.91 Å². The van der Waals surface area contributed by atoms with E-state index >= 15 is 0 Å². The molecule has 4 atom stereocenters. The first kappa shape index (κ1) is 36.7. The number of aliphatic hydroxyl groups is 1. The Kier molecular flexibility index (Phi) is 12.1. The molecule has 2 aromatic carbocycles. The number of ether oxygens (including phenoxy) is 2. The zero-order valence-electron chi connectivity index (χ0n) is 28.9. The van der Waals surface area contributed by atoms with Crippen LogP contribution in [0.4, 0.5) is 0 Å². The molecule has 3 aromatic rings. The lowest BCUT2D eigenvalue weighted by molar-refractivity contribution is -0.146. The number of carbonyl (C=O) groups is 4. The van der Waals surface area contributed by atoms with Gasteiger partial charge in [0.05, 0.1) is 24.9 Å². The van der Waals surface area contributed by atoms with Gasteiger partial charge >= 0.3 is 0 Å². The van der Waals surface area contributed by atoms with Gasteiger partial charge in [0.1, 0.15) is 41.2 Å². The van der Waals surface area contributed by atoms with Crippen molar-refractivity contribution in [1.82, 2.24) is 31.2 Å². The van der Waals surface area contributed by atoms with E-state index in [1.165, 1.54) is 18.7 Å². The van der Waals surface area contributed by atoms with E-state index in [-0.39, 0.29) is 19.6 Å². The van der Waals surface area contributed by atoms with E-state index in [1.807, 2.05) is 44.2 Å². The summed E-state index contributed by atoms with van der Waals surface area (Å²) < 4.78 is 12.3. The van der Waals surface area contributed by atoms with Crippen LogP contribution in [0.3, 0.4) is 0 Å². The topological polar surface area (TPSA) is 171 Å². The van der Waals surface area contributed by atoms with Crippen molar-refractivity contribution in [3.8, 4) is 11.5 Å². The number of aromatic nitrogens is 1. The van der Waals surface area contributed by atoms with Crippen LogP contribution in [0.1, 0.15) is 47.8 Å². The van der Waals surface area contributed by atoms with Gasteiger partial charge in [-0.3, -0.25) is 24.1 Å². The van der Waals surface area contributed by atoms with Crippen molar-refractivity contribution >= 4 is 35.0 Å². The van der Waals surface area contributed by atoms with Crippen molar-refractivity contribution in [3.63, 3.8) is 0 Å². The van der Waals surface area contributed by atoms with Crippen LogP contribution < -0.4 is 30.7 Å². The monoisotopic (exact) mass is 706 g/mol. The molecule has 0 saturated carbocycles. The fourth-order valence-corrected chi connectivity index (χ4v) is 6.92. The minimum atomic E-state index is -1.39. The smallest absolute Gasteiger partial charge is 0.265 e. The summed E-state index contributed by atoms with van der Waals surface area (Å²) in [6, 6.07) is 12.7. The number of hydrogen-bond donors (Lipinski definition) is 5. The number of thiazole rings is 1. The Hall–Kier alpha value is -4.53. The number of fused-ring (bicyclic) bond motifs is 15. The number of nitrogens with zero attached hydrogens (tertiary/aromatic N) is 2. The van der Waals surface area contributed by atoms with Crippen LogP contribution in [0.25, 0.3) is 0 Å². The molecule has 268 valence electrons. The molecule has 1 aromatic heterocycles. The Labute approximate surface area is 296 Å². The zero-order chi connectivity index (χ0) is 35.8. The molecule has 14 heteroatoms. The molecule has 0 aliphatic carbocycles. The molecule has 2 bridgehead atoms. The molecule has 50 heavy (non-hydrogen) atoms. The quantitative estimate of drug-likeness (QED) is 0.248. The SMILES string of the molecule is Cc1nc(CN2CCC3(CC2)Oc2ccc(cc2)OCCNC(=O)[C@H](Cc2ccccc2)NC(=O)[C@H](C)NC(=O)C([C@@H](C)O)NC3=O)sc1C. The fourth-order valence-electron chi connectivity index (χ4n) is 5.94. The molecule has 6 rings (SSSR count). The molecule has 1 spiro atoms. The number of hydrogen-bond acceptors (Lipinski definition) is 10. The lowest BCUT2D eigenvalue weighted by Gasteiger charge is -2.41. The number of rotatable bonds is 5. The summed E-state index contributed by atoms with van der Waals surface area (Å²) >= 11 is 1.66. The van der Waals surface area contributed by atoms with Crippen LogP contribution in [0, 0.1) is 13.8 Å². The van der Waals surface area contributed by atoms with E-state index < -0.39 is 53.5 Å². The second kappa shape index (κ2) is 16.5. The highest BCUT2D eigenvalue weighted by molar-refractivity contribution is 7.11. The van der Waals surface area contributed by atoms with Crippen molar-refractivity contribution < 1.29 is 33.8 Å². The molecule has 3 aliphatic rings. The van der Waals surface area contributed by atoms with Crippen molar-refractivity contribution in [2.45, 2.75) is 83.3 Å². The Morgan fingerprint density at radius 2 is 1.62 bits per heavy atom. The van der Waals surface area contributed by atoms with Gasteiger partial charge in [-0.1, -0.05) is 30.3 Å². The Morgan fingerprint density at radius 1 is 0.940 bits per heavy atom. The van der Waals surface area contributed by atoms with E-state index in [0.29, 0.717) is 44.0 Å². The van der Waals surface area contributed by atoms with E-state index in [9.17, 15) is 24.3 Å². The molecule has 13 nitrogen and oxygen atoms in total. The summed E-state index contributed by atoms with van der Waals surface area (Å²) in [6.45, 7) is 8.96. The number of aryl methyl sites for hydroxylation is 2. The minimum Gasteiger partial charge on any atom is -0.492 e. The highest BCUT2D eigenvalue weighted by atomic mass is 32.1. The van der Waals surface area contributed by atoms with Crippen LogP contribution in [0.5, 0.6) is 11.5 Å². The van der Waals surface area contributed by atoms with Crippen molar-refractivity contribution in [2.75, 3.05) is 26.2 Å².